The fourth-order valence-corrected chi connectivity index (χ4v) is 4.67. The highest BCUT2D eigenvalue weighted by Gasteiger charge is 2.08. The molecule has 0 saturated carbocycles. The van der Waals surface area contributed by atoms with Crippen LogP contribution in [-0.2, 0) is 5.88 Å². The fourth-order valence-electron chi connectivity index (χ4n) is 4.44. The third kappa shape index (κ3) is 14.8. The molecule has 0 aromatic heterocycles. The lowest BCUT2D eigenvalue weighted by Gasteiger charge is -2.14. The van der Waals surface area contributed by atoms with Crippen LogP contribution in [-0.4, -0.2) is 0 Å². The summed E-state index contributed by atoms with van der Waals surface area (Å²) in [6.07, 6.45) is 24.0. The van der Waals surface area contributed by atoms with Gasteiger partial charge in [0.05, 0.1) is 0 Å². The van der Waals surface area contributed by atoms with E-state index in [0.29, 0.717) is 5.88 Å². The molecule has 1 nitrogen and oxygen atoms in total. The van der Waals surface area contributed by atoms with Crippen LogP contribution in [0, 0.1) is 0 Å². The van der Waals surface area contributed by atoms with Gasteiger partial charge in [0.25, 0.3) is 0 Å². The molecule has 1 rings (SSSR count). The highest BCUT2D eigenvalue weighted by molar-refractivity contribution is 6.17. The van der Waals surface area contributed by atoms with Crippen molar-refractivity contribution in [3.05, 3.63) is 41.0 Å². The normalized spacial score (nSPS) is 10.7. The van der Waals surface area contributed by atoms with E-state index in [2.05, 4.69) is 45.0 Å². The van der Waals surface area contributed by atoms with E-state index < -0.39 is 0 Å². The zero-order valence-corrected chi connectivity index (χ0v) is 21.9. The number of benzene rings is 1. The van der Waals surface area contributed by atoms with E-state index in [-0.39, 0.29) is 6.15 Å². The molecule has 0 fully saturated rings. The molecule has 0 aliphatic rings. The molecule has 0 unspecified atom stereocenters. The van der Waals surface area contributed by atoms with Crippen LogP contribution >= 0.6 is 11.6 Å². The molecule has 0 bridgehead atoms. The molecule has 0 aliphatic heterocycles. The van der Waals surface area contributed by atoms with Gasteiger partial charge in [-0.25, -0.2) is 0 Å². The minimum atomic E-state index is 0. The lowest BCUT2D eigenvalue weighted by atomic mass is 9.92. The minimum absolute atomic E-state index is 0. The molecule has 0 heterocycles. The predicted octanol–water partition coefficient (Wildman–Crippen LogP) is 11.0. The van der Waals surface area contributed by atoms with Gasteiger partial charge in [-0.3, -0.25) is 0 Å². The van der Waals surface area contributed by atoms with Crippen molar-refractivity contribution < 1.29 is 0 Å². The molecular formula is C29H52ClN. The van der Waals surface area contributed by atoms with Crippen molar-refractivity contribution >= 4 is 17.2 Å². The first-order valence-corrected chi connectivity index (χ1v) is 13.5. The Morgan fingerprint density at radius 3 is 1.48 bits per heavy atom. The Balaban J connectivity index is 0.00000900. The lowest BCUT2D eigenvalue weighted by molar-refractivity contribution is 0.530. The molecule has 0 amide bonds. The largest absolute Gasteiger partial charge is 0.344 e. The third-order valence-corrected chi connectivity index (χ3v) is 6.66. The lowest BCUT2D eigenvalue weighted by Crippen LogP contribution is -1.94. The first-order chi connectivity index (χ1) is 14.7. The van der Waals surface area contributed by atoms with Gasteiger partial charge in [0.15, 0.2) is 0 Å². The number of allylic oxidation sites excluding steroid dienone is 2. The maximum Gasteiger partial charge on any atom is 0.0480 e. The van der Waals surface area contributed by atoms with Gasteiger partial charge < -0.3 is 6.15 Å². The van der Waals surface area contributed by atoms with E-state index in [1.165, 1.54) is 131 Å². The van der Waals surface area contributed by atoms with E-state index >= 15 is 0 Å². The van der Waals surface area contributed by atoms with Gasteiger partial charge in [-0.15, -0.1) is 11.6 Å². The average Bonchev–Trinajstić information content (AvgIpc) is 2.75. The van der Waals surface area contributed by atoms with E-state index in [1.807, 2.05) is 0 Å². The summed E-state index contributed by atoms with van der Waals surface area (Å²) in [4.78, 5) is 0. The SMILES string of the molecule is CCCCCCCCCCCCCCCCCCC(=C(C)C)c1ccccc1CCl.N. The summed E-state index contributed by atoms with van der Waals surface area (Å²) in [6.45, 7) is 6.78. The van der Waals surface area contributed by atoms with Crippen LogP contribution in [0.15, 0.2) is 29.8 Å². The zero-order chi connectivity index (χ0) is 21.9. The Bertz CT molecular complexity index is 560. The van der Waals surface area contributed by atoms with Crippen LogP contribution in [0.2, 0.25) is 0 Å². The second-order valence-corrected chi connectivity index (χ2v) is 9.59. The highest BCUT2D eigenvalue weighted by atomic mass is 35.5. The fraction of sp³-hybridized carbons (Fsp3) is 0.724. The molecule has 0 atom stereocenters. The maximum absolute atomic E-state index is 6.16. The van der Waals surface area contributed by atoms with E-state index in [1.54, 1.807) is 0 Å². The Kier molecular flexibility index (Phi) is 20.5. The van der Waals surface area contributed by atoms with Gasteiger partial charge in [0.1, 0.15) is 0 Å². The van der Waals surface area contributed by atoms with Crippen molar-refractivity contribution in [1.29, 1.82) is 0 Å². The first kappa shape index (κ1) is 30.2. The summed E-state index contributed by atoms with van der Waals surface area (Å²) in [5, 5.41) is 0. The number of hydrogen-bond donors (Lipinski definition) is 1. The predicted molar refractivity (Wildman–Crippen MR) is 143 cm³/mol. The Labute approximate surface area is 200 Å². The smallest absolute Gasteiger partial charge is 0.0480 e. The second kappa shape index (κ2) is 21.1. The molecule has 0 aliphatic carbocycles. The molecule has 0 saturated heterocycles. The summed E-state index contributed by atoms with van der Waals surface area (Å²) >= 11 is 6.16. The zero-order valence-electron chi connectivity index (χ0n) is 21.1. The van der Waals surface area contributed by atoms with Crippen LogP contribution in [0.5, 0.6) is 0 Å². The van der Waals surface area contributed by atoms with Crippen molar-refractivity contribution in [2.24, 2.45) is 0 Å². The highest BCUT2D eigenvalue weighted by Crippen LogP contribution is 2.28. The summed E-state index contributed by atoms with van der Waals surface area (Å²) in [7, 11) is 0. The Morgan fingerprint density at radius 1 is 0.645 bits per heavy atom. The standard InChI is InChI=1S/C29H49Cl.H3N/c1-4-5-6-7-8-9-10-11-12-13-14-15-16-17-18-19-23-28(26(2)3)29-24-21-20-22-27(29)25-30;/h20-22,24H,4-19,23,25H2,1-3H3;1H3. The second-order valence-electron chi connectivity index (χ2n) is 9.32. The van der Waals surface area contributed by atoms with Gasteiger partial charge in [-0.2, -0.15) is 0 Å². The van der Waals surface area contributed by atoms with Gasteiger partial charge in [0.2, 0.25) is 0 Å². The van der Waals surface area contributed by atoms with Crippen LogP contribution in [0.1, 0.15) is 141 Å². The van der Waals surface area contributed by atoms with Crippen molar-refractivity contribution in [3.8, 4) is 0 Å². The van der Waals surface area contributed by atoms with Crippen LogP contribution in [0.4, 0.5) is 0 Å². The molecule has 1 aromatic carbocycles. The van der Waals surface area contributed by atoms with Crippen molar-refractivity contribution in [2.45, 2.75) is 136 Å². The number of halogens is 1. The molecule has 1 aromatic rings. The molecule has 180 valence electrons. The van der Waals surface area contributed by atoms with Crippen molar-refractivity contribution in [1.82, 2.24) is 6.15 Å². The summed E-state index contributed by atoms with van der Waals surface area (Å²) in [6, 6.07) is 8.64. The van der Waals surface area contributed by atoms with Crippen molar-refractivity contribution in [2.75, 3.05) is 0 Å². The van der Waals surface area contributed by atoms with Crippen LogP contribution in [0.25, 0.3) is 5.57 Å². The number of unbranched alkanes of at least 4 members (excludes halogenated alkanes) is 15. The molecule has 0 spiro atoms. The number of rotatable bonds is 19. The van der Waals surface area contributed by atoms with Crippen molar-refractivity contribution in [3.63, 3.8) is 0 Å². The quantitative estimate of drug-likeness (QED) is 0.165. The molecular weight excluding hydrogens is 398 g/mol. The minimum Gasteiger partial charge on any atom is -0.344 e. The number of hydrogen-bond acceptors (Lipinski definition) is 1. The molecule has 2 heteroatoms. The van der Waals surface area contributed by atoms with E-state index in [9.17, 15) is 0 Å². The van der Waals surface area contributed by atoms with Gasteiger partial charge in [0, 0.05) is 5.88 Å². The Hall–Kier alpha value is -0.790. The maximum atomic E-state index is 6.16. The summed E-state index contributed by atoms with van der Waals surface area (Å²) < 4.78 is 0. The van der Waals surface area contributed by atoms with Gasteiger partial charge in [-0.1, -0.05) is 133 Å². The average molecular weight is 450 g/mol. The third-order valence-electron chi connectivity index (χ3n) is 6.37. The van der Waals surface area contributed by atoms with Crippen LogP contribution < -0.4 is 6.15 Å². The molecule has 0 radical (unpaired) electrons. The topological polar surface area (TPSA) is 35.0 Å². The van der Waals surface area contributed by atoms with E-state index in [4.69, 9.17) is 11.6 Å². The molecule has 31 heavy (non-hydrogen) atoms. The van der Waals surface area contributed by atoms with Gasteiger partial charge in [-0.05, 0) is 43.4 Å². The number of alkyl halides is 1. The summed E-state index contributed by atoms with van der Waals surface area (Å²) in [5.41, 5.74) is 5.59. The Morgan fingerprint density at radius 2 is 1.06 bits per heavy atom. The first-order valence-electron chi connectivity index (χ1n) is 13.0. The van der Waals surface area contributed by atoms with E-state index in [0.717, 1.165) is 0 Å². The monoisotopic (exact) mass is 449 g/mol. The molecule has 3 N–H and O–H groups in total. The van der Waals surface area contributed by atoms with Gasteiger partial charge >= 0.3 is 0 Å². The van der Waals surface area contributed by atoms with Crippen LogP contribution in [0.3, 0.4) is 0 Å². The summed E-state index contributed by atoms with van der Waals surface area (Å²) in [5.74, 6) is 0.603.